The molecule has 1 fully saturated rings. The molecule has 0 radical (unpaired) electrons. The lowest BCUT2D eigenvalue weighted by atomic mass is 10.1. The highest BCUT2D eigenvalue weighted by Gasteiger charge is 2.48. The van der Waals surface area contributed by atoms with Gasteiger partial charge in [-0.2, -0.15) is 13.6 Å². The molecule has 0 aliphatic carbocycles. The third-order valence-corrected chi connectivity index (χ3v) is 12.3. The summed E-state index contributed by atoms with van der Waals surface area (Å²) in [5, 5.41) is 21.2. The number of nitrogens with two attached hydrogens (primary N) is 2. The minimum absolute atomic E-state index is 0.0717. The molecule has 28 heteroatoms. The number of rotatable bonds is 16. The summed E-state index contributed by atoms with van der Waals surface area (Å²) in [6.45, 7) is -0.909. The summed E-state index contributed by atoms with van der Waals surface area (Å²) in [6.07, 6.45) is -2.90. The molecule has 0 saturated carbocycles. The van der Waals surface area contributed by atoms with Gasteiger partial charge in [0, 0.05) is 14.2 Å². The molecule has 4 aromatic rings. The van der Waals surface area contributed by atoms with Gasteiger partial charge in [0.2, 0.25) is 11.5 Å². The Bertz CT molecular complexity index is 2140. The SMILES string of the molecule is COP(=O)(OCC1OC(n2cnc3c(=O)[nH]c(N)nc32)C(O)C1O)OP(=O)(OC)OP(=O)(O)OCCCC[n+]1cn(C)c2c(=O)[nH]c(N)nc21. The summed E-state index contributed by atoms with van der Waals surface area (Å²) in [4.78, 5) is 51.1. The number of anilines is 2. The third kappa shape index (κ3) is 8.05. The van der Waals surface area contributed by atoms with Gasteiger partial charge in [-0.25, -0.2) is 23.2 Å². The average Bonchev–Trinajstić information content (AvgIpc) is 3.68. The molecule has 0 aromatic carbocycles. The van der Waals surface area contributed by atoms with Gasteiger partial charge >= 0.3 is 29.1 Å². The molecule has 9 N–H and O–H groups in total. The lowest BCUT2D eigenvalue weighted by Crippen LogP contribution is -2.33. The van der Waals surface area contributed by atoms with Crippen LogP contribution in [0.5, 0.6) is 0 Å². The van der Waals surface area contributed by atoms with Crippen LogP contribution in [0.25, 0.3) is 22.3 Å². The largest absolute Gasteiger partial charge is 0.492 e. The number of ether oxygens (including phenoxy) is 1. The number of nitrogens with zero attached hydrogens (tertiary/aromatic N) is 6. The number of nitrogen functional groups attached to an aromatic ring is 2. The van der Waals surface area contributed by atoms with Gasteiger partial charge in [0.05, 0.1) is 33.1 Å². The Hall–Kier alpha value is -3.41. The number of phosphoric acid groups is 3. The Balaban J connectivity index is 1.15. The fraction of sp³-hybridized carbons (Fsp3) is 0.545. The molecular weight excluding hydrogens is 737 g/mol. The number of phosphoric ester groups is 2. The van der Waals surface area contributed by atoms with Crippen LogP contribution in [0.15, 0.2) is 22.2 Å². The minimum atomic E-state index is -5.20. The van der Waals surface area contributed by atoms with E-state index in [0.29, 0.717) is 18.6 Å². The van der Waals surface area contributed by atoms with E-state index in [0.717, 1.165) is 25.1 Å². The number of aromatic nitrogens is 8. The van der Waals surface area contributed by atoms with Gasteiger partial charge in [0.1, 0.15) is 18.3 Å². The van der Waals surface area contributed by atoms with Gasteiger partial charge in [0.25, 0.3) is 17.1 Å². The van der Waals surface area contributed by atoms with E-state index in [-0.39, 0.29) is 41.6 Å². The molecule has 5 rings (SSSR count). The number of aliphatic hydroxyl groups is 2. The first kappa shape index (κ1) is 37.8. The molecule has 7 unspecified atom stereocenters. The van der Waals surface area contributed by atoms with E-state index in [4.69, 9.17) is 34.1 Å². The molecule has 50 heavy (non-hydrogen) atoms. The van der Waals surface area contributed by atoms with E-state index in [1.54, 1.807) is 22.5 Å². The average molecular weight is 771 g/mol. The first-order valence-electron chi connectivity index (χ1n) is 14.3. The van der Waals surface area contributed by atoms with Gasteiger partial charge < -0.3 is 31.3 Å². The molecule has 0 bridgehead atoms. The van der Waals surface area contributed by atoms with Crippen molar-refractivity contribution in [3.63, 3.8) is 0 Å². The maximum absolute atomic E-state index is 13.2. The molecule has 0 spiro atoms. The van der Waals surface area contributed by atoms with Crippen molar-refractivity contribution in [2.75, 3.05) is 38.9 Å². The van der Waals surface area contributed by atoms with Crippen LogP contribution in [0.1, 0.15) is 19.1 Å². The van der Waals surface area contributed by atoms with Crippen LogP contribution >= 0.6 is 23.5 Å². The number of hydrogen-bond acceptors (Lipinski definition) is 19. The number of aliphatic hydroxyl groups excluding tert-OH is 2. The Morgan fingerprint density at radius 3 is 2.36 bits per heavy atom. The highest BCUT2D eigenvalue weighted by Crippen LogP contribution is 2.71. The Morgan fingerprint density at radius 1 is 0.980 bits per heavy atom. The lowest BCUT2D eigenvalue weighted by Gasteiger charge is -2.23. The first-order chi connectivity index (χ1) is 23.5. The summed E-state index contributed by atoms with van der Waals surface area (Å²) >= 11 is 0. The topological polar surface area (TPSA) is 347 Å². The monoisotopic (exact) mass is 771 g/mol. The van der Waals surface area contributed by atoms with Crippen LogP contribution in [-0.4, -0.2) is 94.9 Å². The van der Waals surface area contributed by atoms with Crippen molar-refractivity contribution < 1.29 is 64.8 Å². The van der Waals surface area contributed by atoms with Crippen molar-refractivity contribution in [1.82, 2.24) is 34.1 Å². The molecule has 276 valence electrons. The van der Waals surface area contributed by atoms with Gasteiger partial charge in [0.15, 0.2) is 23.7 Å². The molecule has 1 saturated heterocycles. The zero-order chi connectivity index (χ0) is 36.6. The normalized spacial score (nSPS) is 23.2. The van der Waals surface area contributed by atoms with Gasteiger partial charge in [-0.1, -0.05) is 4.98 Å². The fourth-order valence-electron chi connectivity index (χ4n) is 4.89. The van der Waals surface area contributed by atoms with E-state index in [9.17, 15) is 38.4 Å². The number of hydrogen-bond donors (Lipinski definition) is 7. The zero-order valence-corrected chi connectivity index (χ0v) is 29.1. The van der Waals surface area contributed by atoms with Crippen molar-refractivity contribution in [2.24, 2.45) is 7.05 Å². The number of H-pyrrole nitrogens is 2. The van der Waals surface area contributed by atoms with Crippen LogP contribution < -0.4 is 27.2 Å². The van der Waals surface area contributed by atoms with Crippen LogP contribution in [0, 0.1) is 0 Å². The van der Waals surface area contributed by atoms with Crippen LogP contribution in [0.4, 0.5) is 11.9 Å². The minimum Gasteiger partial charge on any atom is -0.387 e. The lowest BCUT2D eigenvalue weighted by molar-refractivity contribution is -0.674. The molecule has 7 atom stereocenters. The van der Waals surface area contributed by atoms with Crippen LogP contribution in [-0.2, 0) is 58.7 Å². The van der Waals surface area contributed by atoms with Crippen molar-refractivity contribution in [3.8, 4) is 0 Å². The summed E-state index contributed by atoms with van der Waals surface area (Å²) in [5.41, 5.74) is 10.5. The second-order valence-electron chi connectivity index (χ2n) is 10.6. The number of aryl methyl sites for hydroxylation is 2. The van der Waals surface area contributed by atoms with Gasteiger partial charge in [-0.05, 0) is 12.8 Å². The summed E-state index contributed by atoms with van der Waals surface area (Å²) in [7, 11) is -12.1. The number of imidazole rings is 2. The van der Waals surface area contributed by atoms with Crippen molar-refractivity contribution >= 4 is 57.7 Å². The highest BCUT2D eigenvalue weighted by atomic mass is 31.3. The fourth-order valence-corrected chi connectivity index (χ4v) is 9.24. The van der Waals surface area contributed by atoms with E-state index < -0.39 is 65.7 Å². The Labute approximate surface area is 279 Å². The Morgan fingerprint density at radius 2 is 1.66 bits per heavy atom. The molecular formula is C22H34N10O15P3+. The molecule has 1 aliphatic heterocycles. The van der Waals surface area contributed by atoms with Crippen LogP contribution in [0.3, 0.4) is 0 Å². The predicted molar refractivity (Wildman–Crippen MR) is 167 cm³/mol. The van der Waals surface area contributed by atoms with E-state index in [1.807, 2.05) is 0 Å². The second-order valence-corrected chi connectivity index (χ2v) is 15.9. The van der Waals surface area contributed by atoms with Gasteiger partial charge in [-0.15, -0.1) is 0 Å². The third-order valence-electron chi connectivity index (χ3n) is 7.19. The number of unbranched alkanes of at least 4 members (excludes halogenated alkanes) is 1. The number of fused-ring (bicyclic) bond motifs is 2. The van der Waals surface area contributed by atoms with Crippen molar-refractivity contribution in [3.05, 3.63) is 33.4 Å². The van der Waals surface area contributed by atoms with E-state index in [2.05, 4.69) is 33.8 Å². The zero-order valence-electron chi connectivity index (χ0n) is 26.4. The molecule has 5 heterocycles. The molecule has 0 amide bonds. The standard InChI is InChI=1S/C22H33N10O15P3/c1-30-10-31(17-13(30)19(36)29-22(24)27-17)6-4-5-7-43-48(37,38)46-50(40,42-3)47-49(39,41-2)44-8-11-14(33)15(34)20(45-11)32-9-25-12-16(32)26-21(23)28-18(12)35/h9-11,14-15,20,33-34H,4-8H2,1-3H3,(H6-,23,24,26,27,28,29,35,36,37,38)/p+1. The summed E-state index contributed by atoms with van der Waals surface area (Å²) < 4.78 is 77.5. The number of nitrogens with one attached hydrogen (secondary N) is 2. The molecule has 4 aromatic heterocycles. The predicted octanol–water partition coefficient (Wildman–Crippen LogP) is -1.08. The van der Waals surface area contributed by atoms with Crippen molar-refractivity contribution in [1.29, 1.82) is 0 Å². The molecule has 25 nitrogen and oxygen atoms in total. The summed E-state index contributed by atoms with van der Waals surface area (Å²) in [5.74, 6) is -0.324. The van der Waals surface area contributed by atoms with E-state index >= 15 is 0 Å². The second kappa shape index (κ2) is 14.7. The molecule has 1 aliphatic rings. The smallest absolute Gasteiger partial charge is 0.387 e. The maximum atomic E-state index is 13.2. The maximum Gasteiger partial charge on any atom is 0.492 e. The van der Waals surface area contributed by atoms with Crippen molar-refractivity contribution in [2.45, 2.75) is 43.9 Å². The summed E-state index contributed by atoms with van der Waals surface area (Å²) in [6, 6.07) is 0. The van der Waals surface area contributed by atoms with Crippen LogP contribution in [0.2, 0.25) is 0 Å². The van der Waals surface area contributed by atoms with Gasteiger partial charge in [-0.3, -0.25) is 46.8 Å². The first-order valence-corrected chi connectivity index (χ1v) is 18.7. The Kier molecular flexibility index (Phi) is 11.1. The quantitative estimate of drug-likeness (QED) is 0.0404. The number of aromatic amines is 2. The van der Waals surface area contributed by atoms with E-state index in [1.165, 1.54) is 0 Å². The highest BCUT2D eigenvalue weighted by molar-refractivity contribution is 7.67.